The van der Waals surface area contributed by atoms with Crippen LogP contribution in [0.1, 0.15) is 23.1 Å². The largest absolute Gasteiger partial charge is 0.364 e. The van der Waals surface area contributed by atoms with E-state index in [4.69, 9.17) is 4.52 Å². The first-order valence-corrected chi connectivity index (χ1v) is 9.78. The zero-order chi connectivity index (χ0) is 18.4. The van der Waals surface area contributed by atoms with E-state index in [9.17, 15) is 4.79 Å². The molecule has 26 heavy (non-hydrogen) atoms. The van der Waals surface area contributed by atoms with Crippen molar-refractivity contribution < 1.29 is 9.32 Å². The lowest BCUT2D eigenvalue weighted by atomic mass is 10.0. The van der Waals surface area contributed by atoms with E-state index in [2.05, 4.69) is 28.7 Å². The number of nitrogens with zero attached hydrogens (tertiary/aromatic N) is 1. The predicted octanol–water partition coefficient (Wildman–Crippen LogP) is 4.62. The minimum absolute atomic E-state index is 0.0235. The van der Waals surface area contributed by atoms with E-state index >= 15 is 0 Å². The van der Waals surface area contributed by atoms with Crippen molar-refractivity contribution in [1.82, 2.24) is 10.5 Å². The number of carbonyl (C=O) groups excluding carboxylic acids is 1. The van der Waals surface area contributed by atoms with Gasteiger partial charge < -0.3 is 9.84 Å². The number of amides is 1. The Morgan fingerprint density at radius 1 is 1.19 bits per heavy atom. The SMILES string of the molecule is CSc1ccc(CNC(=O)CCc2conc2-c2cccc(C)c2)cc1. The molecule has 3 aromatic rings. The van der Waals surface area contributed by atoms with E-state index in [0.717, 1.165) is 22.4 Å². The van der Waals surface area contributed by atoms with Crippen LogP contribution in [0.2, 0.25) is 0 Å². The normalized spacial score (nSPS) is 10.7. The molecule has 0 saturated heterocycles. The van der Waals surface area contributed by atoms with Gasteiger partial charge in [-0.15, -0.1) is 11.8 Å². The highest BCUT2D eigenvalue weighted by molar-refractivity contribution is 7.98. The van der Waals surface area contributed by atoms with Crippen LogP contribution in [0, 0.1) is 6.92 Å². The van der Waals surface area contributed by atoms with Crippen molar-refractivity contribution in [3.8, 4) is 11.3 Å². The van der Waals surface area contributed by atoms with E-state index in [-0.39, 0.29) is 5.91 Å². The molecule has 5 heteroatoms. The molecular weight excluding hydrogens is 344 g/mol. The Kier molecular flexibility index (Phi) is 6.12. The Morgan fingerprint density at radius 3 is 2.73 bits per heavy atom. The maximum absolute atomic E-state index is 12.2. The van der Waals surface area contributed by atoms with Crippen molar-refractivity contribution in [3.05, 3.63) is 71.5 Å². The van der Waals surface area contributed by atoms with E-state index in [1.165, 1.54) is 10.5 Å². The molecule has 0 radical (unpaired) electrons. The third-order valence-electron chi connectivity index (χ3n) is 4.20. The summed E-state index contributed by atoms with van der Waals surface area (Å²) in [6.07, 6.45) is 4.69. The molecule has 0 atom stereocenters. The molecule has 2 aromatic carbocycles. The van der Waals surface area contributed by atoms with Crippen LogP contribution in [0.3, 0.4) is 0 Å². The number of aryl methyl sites for hydroxylation is 2. The van der Waals surface area contributed by atoms with Gasteiger partial charge in [-0.1, -0.05) is 41.1 Å². The molecule has 0 saturated carbocycles. The number of nitrogens with one attached hydrogen (secondary N) is 1. The van der Waals surface area contributed by atoms with Crippen LogP contribution in [0.4, 0.5) is 0 Å². The summed E-state index contributed by atoms with van der Waals surface area (Å²) in [5.74, 6) is 0.0235. The molecular formula is C21H22N2O2S. The summed E-state index contributed by atoms with van der Waals surface area (Å²) >= 11 is 1.71. The number of rotatable bonds is 7. The topological polar surface area (TPSA) is 55.1 Å². The average Bonchev–Trinajstić information content (AvgIpc) is 3.14. The molecule has 0 aliphatic rings. The highest BCUT2D eigenvalue weighted by atomic mass is 32.2. The minimum atomic E-state index is 0.0235. The monoisotopic (exact) mass is 366 g/mol. The third-order valence-corrected chi connectivity index (χ3v) is 4.95. The smallest absolute Gasteiger partial charge is 0.220 e. The molecule has 3 rings (SSSR count). The number of aromatic nitrogens is 1. The molecule has 0 aliphatic carbocycles. The van der Waals surface area contributed by atoms with E-state index < -0.39 is 0 Å². The lowest BCUT2D eigenvalue weighted by Gasteiger charge is -2.06. The maximum Gasteiger partial charge on any atom is 0.220 e. The summed E-state index contributed by atoms with van der Waals surface area (Å²) in [5.41, 5.74) is 5.05. The molecule has 134 valence electrons. The third kappa shape index (κ3) is 4.76. The molecule has 1 heterocycles. The minimum Gasteiger partial charge on any atom is -0.364 e. The Morgan fingerprint density at radius 2 is 2.00 bits per heavy atom. The van der Waals surface area contributed by atoms with Gasteiger partial charge in [-0.25, -0.2) is 0 Å². The highest BCUT2D eigenvalue weighted by Crippen LogP contribution is 2.24. The fourth-order valence-electron chi connectivity index (χ4n) is 2.75. The van der Waals surface area contributed by atoms with Gasteiger partial charge in [0.25, 0.3) is 0 Å². The molecule has 1 amide bonds. The fraction of sp³-hybridized carbons (Fsp3) is 0.238. The van der Waals surface area contributed by atoms with Gasteiger partial charge in [0.2, 0.25) is 5.91 Å². The Hall–Kier alpha value is -2.53. The van der Waals surface area contributed by atoms with Gasteiger partial charge >= 0.3 is 0 Å². The van der Waals surface area contributed by atoms with Gasteiger partial charge in [0, 0.05) is 29.0 Å². The van der Waals surface area contributed by atoms with Crippen molar-refractivity contribution >= 4 is 17.7 Å². The van der Waals surface area contributed by atoms with Gasteiger partial charge in [-0.05, 0) is 43.4 Å². The lowest BCUT2D eigenvalue weighted by Crippen LogP contribution is -2.22. The Bertz CT molecular complexity index is 872. The van der Waals surface area contributed by atoms with Crippen molar-refractivity contribution in [2.45, 2.75) is 31.2 Å². The first-order valence-electron chi connectivity index (χ1n) is 8.55. The van der Waals surface area contributed by atoms with Crippen LogP contribution in [0.5, 0.6) is 0 Å². The van der Waals surface area contributed by atoms with Gasteiger partial charge in [0.15, 0.2) is 0 Å². The second kappa shape index (κ2) is 8.72. The summed E-state index contributed by atoms with van der Waals surface area (Å²) in [5, 5.41) is 7.08. The highest BCUT2D eigenvalue weighted by Gasteiger charge is 2.12. The maximum atomic E-state index is 12.2. The zero-order valence-electron chi connectivity index (χ0n) is 15.0. The van der Waals surface area contributed by atoms with Crippen LogP contribution in [0.25, 0.3) is 11.3 Å². The lowest BCUT2D eigenvalue weighted by molar-refractivity contribution is -0.121. The Labute approximate surface area is 158 Å². The van der Waals surface area contributed by atoms with E-state index in [1.807, 2.05) is 43.5 Å². The number of hydrogen-bond donors (Lipinski definition) is 1. The average molecular weight is 366 g/mol. The van der Waals surface area contributed by atoms with Crippen LogP contribution in [-0.4, -0.2) is 17.3 Å². The summed E-state index contributed by atoms with van der Waals surface area (Å²) in [7, 11) is 0. The molecule has 1 aromatic heterocycles. The van der Waals surface area contributed by atoms with Crippen molar-refractivity contribution in [3.63, 3.8) is 0 Å². The van der Waals surface area contributed by atoms with Crippen LogP contribution in [-0.2, 0) is 17.8 Å². The second-order valence-electron chi connectivity index (χ2n) is 6.18. The van der Waals surface area contributed by atoms with Crippen LogP contribution in [0.15, 0.2) is 64.2 Å². The molecule has 0 bridgehead atoms. The quantitative estimate of drug-likeness (QED) is 0.620. The summed E-state index contributed by atoms with van der Waals surface area (Å²) in [6, 6.07) is 16.3. The second-order valence-corrected chi connectivity index (χ2v) is 7.06. The predicted molar refractivity (Wildman–Crippen MR) is 105 cm³/mol. The summed E-state index contributed by atoms with van der Waals surface area (Å²) in [6.45, 7) is 2.59. The van der Waals surface area contributed by atoms with Gasteiger partial charge in [0.05, 0.1) is 0 Å². The number of hydrogen-bond acceptors (Lipinski definition) is 4. The van der Waals surface area contributed by atoms with Crippen LogP contribution < -0.4 is 5.32 Å². The van der Waals surface area contributed by atoms with Crippen molar-refractivity contribution in [1.29, 1.82) is 0 Å². The number of thioether (sulfide) groups is 1. The van der Waals surface area contributed by atoms with E-state index in [0.29, 0.717) is 19.4 Å². The molecule has 4 nitrogen and oxygen atoms in total. The fourth-order valence-corrected chi connectivity index (χ4v) is 3.15. The molecule has 0 aliphatic heterocycles. The molecule has 0 unspecified atom stereocenters. The first-order chi connectivity index (χ1) is 12.7. The van der Waals surface area contributed by atoms with Gasteiger partial charge in [-0.2, -0.15) is 0 Å². The summed E-state index contributed by atoms with van der Waals surface area (Å²) in [4.78, 5) is 13.4. The van der Waals surface area contributed by atoms with E-state index in [1.54, 1.807) is 18.0 Å². The van der Waals surface area contributed by atoms with Gasteiger partial charge in [-0.3, -0.25) is 4.79 Å². The zero-order valence-corrected chi connectivity index (χ0v) is 15.8. The van der Waals surface area contributed by atoms with Gasteiger partial charge in [0.1, 0.15) is 12.0 Å². The number of carbonyl (C=O) groups is 1. The number of benzene rings is 2. The summed E-state index contributed by atoms with van der Waals surface area (Å²) < 4.78 is 5.14. The van der Waals surface area contributed by atoms with Crippen molar-refractivity contribution in [2.75, 3.05) is 6.26 Å². The molecule has 1 N–H and O–H groups in total. The molecule has 0 spiro atoms. The molecule has 0 fully saturated rings. The van der Waals surface area contributed by atoms with Crippen LogP contribution >= 0.6 is 11.8 Å². The standard InChI is InChI=1S/C21H22N2O2S/c1-15-4-3-5-17(12-15)21-18(14-25-23-21)8-11-20(24)22-13-16-6-9-19(26-2)10-7-16/h3-7,9-10,12,14H,8,11,13H2,1-2H3,(H,22,24). The first kappa shape index (κ1) is 18.3. The Balaban J connectivity index is 1.54. The van der Waals surface area contributed by atoms with Crippen molar-refractivity contribution in [2.24, 2.45) is 0 Å².